The van der Waals surface area contributed by atoms with Crippen molar-refractivity contribution in [3.8, 4) is 5.75 Å². The molecule has 5 fully saturated rings. The zero-order chi connectivity index (χ0) is 26.4. The van der Waals surface area contributed by atoms with Crippen molar-refractivity contribution >= 4 is 18.1 Å². The normalized spacial score (nSPS) is 32.0. The summed E-state index contributed by atoms with van der Waals surface area (Å²) in [5.74, 6) is -6.45. The molecule has 0 N–H and O–H groups in total. The predicted octanol–water partition coefficient (Wildman–Crippen LogP) is 4.91. The molecule has 1 aromatic rings. The summed E-state index contributed by atoms with van der Waals surface area (Å²) in [5, 5.41) is 11.1. The number of carboxylic acid groups (broad SMARTS) is 1. The Bertz CT molecular complexity index is 1000. The summed E-state index contributed by atoms with van der Waals surface area (Å²) in [7, 11) is 0. The summed E-state index contributed by atoms with van der Waals surface area (Å²) in [6.45, 7) is 2.01. The minimum atomic E-state index is -4.31. The van der Waals surface area contributed by atoms with Crippen LogP contribution >= 0.6 is 0 Å². The van der Waals surface area contributed by atoms with Gasteiger partial charge in [0.25, 0.3) is 0 Å². The van der Waals surface area contributed by atoms with Gasteiger partial charge >= 0.3 is 18.0 Å². The predicted molar refractivity (Wildman–Crippen MR) is 125 cm³/mol. The number of hydrogen-bond donors (Lipinski definition) is 0. The number of carbonyl (C=O) groups excluding carboxylic acids is 3. The van der Waals surface area contributed by atoms with Gasteiger partial charge in [-0.05, 0) is 99.8 Å². The van der Waals surface area contributed by atoms with Crippen molar-refractivity contribution in [3.63, 3.8) is 0 Å². The van der Waals surface area contributed by atoms with Gasteiger partial charge in [-0.15, -0.1) is 0 Å². The van der Waals surface area contributed by atoms with Crippen LogP contribution in [0.4, 0.5) is 13.6 Å². The first-order valence-corrected chi connectivity index (χ1v) is 13.4. The van der Waals surface area contributed by atoms with Crippen LogP contribution in [-0.2, 0) is 14.3 Å². The van der Waals surface area contributed by atoms with Gasteiger partial charge in [0.1, 0.15) is 17.3 Å². The summed E-state index contributed by atoms with van der Waals surface area (Å²) < 4.78 is 45.1. The van der Waals surface area contributed by atoms with E-state index in [1.54, 1.807) is 0 Å². The number of carbonyl (C=O) groups is 3. The quantitative estimate of drug-likeness (QED) is 0.373. The molecule has 9 heteroatoms. The smallest absolute Gasteiger partial charge is 0.514 e. The zero-order valence-corrected chi connectivity index (χ0v) is 21.0. The molecule has 37 heavy (non-hydrogen) atoms. The number of alkyl halides is 2. The molecule has 6 rings (SSSR count). The summed E-state index contributed by atoms with van der Waals surface area (Å²) in [5.41, 5.74) is -0.615. The van der Waals surface area contributed by atoms with Crippen molar-refractivity contribution in [3.05, 3.63) is 29.8 Å². The Morgan fingerprint density at radius 2 is 1.51 bits per heavy atom. The number of benzene rings is 1. The molecular formula is C28H33F2O7-. The average Bonchev–Trinajstić information content (AvgIpc) is 2.86. The number of rotatable bonds is 7. The van der Waals surface area contributed by atoms with Crippen molar-refractivity contribution in [2.24, 2.45) is 29.6 Å². The molecule has 0 aromatic heterocycles. The van der Waals surface area contributed by atoms with Crippen molar-refractivity contribution in [2.45, 2.75) is 88.8 Å². The Kier molecular flexibility index (Phi) is 6.92. The van der Waals surface area contributed by atoms with E-state index >= 15 is 0 Å². The van der Waals surface area contributed by atoms with E-state index in [2.05, 4.69) is 0 Å². The second-order valence-electron chi connectivity index (χ2n) is 11.6. The van der Waals surface area contributed by atoms with Crippen molar-refractivity contribution in [2.75, 3.05) is 0 Å². The van der Waals surface area contributed by atoms with Crippen molar-refractivity contribution in [1.82, 2.24) is 0 Å². The van der Waals surface area contributed by atoms with Gasteiger partial charge in [-0.3, -0.25) is 0 Å². The number of esters is 1. The molecule has 5 saturated carbocycles. The summed E-state index contributed by atoms with van der Waals surface area (Å²) in [6.07, 6.45) is 5.53. The Morgan fingerprint density at radius 1 is 0.946 bits per heavy atom. The van der Waals surface area contributed by atoms with Gasteiger partial charge in [0.05, 0.1) is 5.56 Å². The van der Waals surface area contributed by atoms with E-state index < -0.39 is 41.6 Å². The maximum absolute atomic E-state index is 14.4. The highest BCUT2D eigenvalue weighted by atomic mass is 19.3. The first kappa shape index (κ1) is 25.9. The molecule has 0 heterocycles. The molecule has 0 radical (unpaired) electrons. The van der Waals surface area contributed by atoms with Crippen LogP contribution in [0.1, 0.15) is 81.5 Å². The lowest BCUT2D eigenvalue weighted by Crippen LogP contribution is -2.58. The molecule has 1 unspecified atom stereocenters. The third-order valence-corrected chi connectivity index (χ3v) is 9.30. The highest BCUT2D eigenvalue weighted by Gasteiger charge is 2.57. The molecule has 0 amide bonds. The molecule has 5 aliphatic rings. The maximum atomic E-state index is 14.4. The SMILES string of the molecule is CC1(OC(=O)Oc2ccc(C(=O)OC(C3CCCCC3)C(F)(F)C(=O)[O-])cc2)C2CC3CC(C2)CC1C3. The largest absolute Gasteiger partial charge is 0.544 e. The lowest BCUT2D eigenvalue weighted by atomic mass is 9.50. The molecular weight excluding hydrogens is 486 g/mol. The van der Waals surface area contributed by atoms with E-state index in [1.807, 2.05) is 6.92 Å². The second-order valence-corrected chi connectivity index (χ2v) is 11.6. The molecule has 5 aliphatic carbocycles. The number of hydrogen-bond acceptors (Lipinski definition) is 7. The summed E-state index contributed by atoms with van der Waals surface area (Å²) >= 11 is 0. The van der Waals surface area contributed by atoms with E-state index in [0.717, 1.165) is 43.9 Å². The van der Waals surface area contributed by atoms with Crippen LogP contribution in [0, 0.1) is 29.6 Å². The van der Waals surface area contributed by atoms with Crippen LogP contribution in [0.3, 0.4) is 0 Å². The minimum Gasteiger partial charge on any atom is -0.544 e. The molecule has 1 atom stereocenters. The maximum Gasteiger partial charge on any atom is 0.514 e. The van der Waals surface area contributed by atoms with Crippen LogP contribution in [0.5, 0.6) is 5.75 Å². The molecule has 0 spiro atoms. The first-order chi connectivity index (χ1) is 17.6. The fourth-order valence-electron chi connectivity index (χ4n) is 7.45. The Balaban J connectivity index is 1.21. The third-order valence-electron chi connectivity index (χ3n) is 9.30. The number of halogens is 2. The first-order valence-electron chi connectivity index (χ1n) is 13.4. The van der Waals surface area contributed by atoms with Gasteiger partial charge < -0.3 is 24.1 Å². The highest BCUT2D eigenvalue weighted by molar-refractivity contribution is 5.90. The van der Waals surface area contributed by atoms with Gasteiger partial charge in [-0.25, -0.2) is 9.59 Å². The molecule has 202 valence electrons. The van der Waals surface area contributed by atoms with Gasteiger partial charge in [0, 0.05) is 5.92 Å². The van der Waals surface area contributed by atoms with Crippen LogP contribution in [-0.4, -0.2) is 35.7 Å². The summed E-state index contributed by atoms with van der Waals surface area (Å²) in [4.78, 5) is 36.4. The monoisotopic (exact) mass is 519 g/mol. The minimum absolute atomic E-state index is 0.0660. The van der Waals surface area contributed by atoms with E-state index in [0.29, 0.717) is 37.5 Å². The van der Waals surface area contributed by atoms with E-state index in [4.69, 9.17) is 14.2 Å². The number of ether oxygens (including phenoxy) is 3. The lowest BCUT2D eigenvalue weighted by Gasteiger charge is -2.58. The Labute approximate surface area is 214 Å². The van der Waals surface area contributed by atoms with E-state index in [9.17, 15) is 28.3 Å². The fraction of sp³-hybridized carbons (Fsp3) is 0.679. The van der Waals surface area contributed by atoms with Crippen molar-refractivity contribution in [1.29, 1.82) is 0 Å². The van der Waals surface area contributed by atoms with Gasteiger partial charge in [0.2, 0.25) is 0 Å². The average molecular weight is 520 g/mol. The summed E-state index contributed by atoms with van der Waals surface area (Å²) in [6, 6.07) is 5.27. The van der Waals surface area contributed by atoms with E-state index in [1.165, 1.54) is 30.7 Å². The van der Waals surface area contributed by atoms with Crippen LogP contribution in [0.25, 0.3) is 0 Å². The lowest BCUT2D eigenvalue weighted by molar-refractivity contribution is -0.337. The molecule has 4 bridgehead atoms. The zero-order valence-electron chi connectivity index (χ0n) is 21.0. The van der Waals surface area contributed by atoms with Crippen LogP contribution < -0.4 is 9.84 Å². The van der Waals surface area contributed by atoms with Crippen LogP contribution in [0.15, 0.2) is 24.3 Å². The molecule has 1 aromatic carbocycles. The number of carboxylic acids is 1. The van der Waals surface area contributed by atoms with Gasteiger partial charge in [0.15, 0.2) is 6.10 Å². The topological polar surface area (TPSA) is 102 Å². The van der Waals surface area contributed by atoms with Crippen molar-refractivity contribution < 1.29 is 42.5 Å². The Hall–Kier alpha value is -2.71. The molecule has 0 saturated heterocycles. The van der Waals surface area contributed by atoms with Gasteiger partial charge in [-0.1, -0.05) is 19.3 Å². The highest BCUT2D eigenvalue weighted by Crippen LogP contribution is 2.59. The molecule has 7 nitrogen and oxygen atoms in total. The fourth-order valence-corrected chi connectivity index (χ4v) is 7.45. The second kappa shape index (κ2) is 9.87. The Morgan fingerprint density at radius 3 is 2.05 bits per heavy atom. The van der Waals surface area contributed by atoms with E-state index in [-0.39, 0.29) is 11.3 Å². The third kappa shape index (κ3) is 5.06. The van der Waals surface area contributed by atoms with Crippen LogP contribution in [0.2, 0.25) is 0 Å². The standard InChI is InChI=1S/C28H34F2O7/c1-27(20-12-16-11-17(14-20)15-21(27)13-16)37-26(34)35-22-9-7-19(8-10-22)24(31)36-23(28(29,30)25(32)33)18-5-3-2-4-6-18/h7-10,16-18,20-21,23H,2-6,11-15H2,1H3,(H,32,33)/p-1. The van der Waals surface area contributed by atoms with Gasteiger partial charge in [-0.2, -0.15) is 8.78 Å². The molecule has 0 aliphatic heterocycles. The number of aliphatic carboxylic acids is 1.